The largest absolute Gasteiger partial charge is 0.496 e. The topological polar surface area (TPSA) is 31.2 Å². The summed E-state index contributed by atoms with van der Waals surface area (Å²) in [6.07, 6.45) is 3.49. The molecule has 0 amide bonds. The van der Waals surface area contributed by atoms with Crippen LogP contribution in [0.25, 0.3) is 10.9 Å². The van der Waals surface area contributed by atoms with Crippen molar-refractivity contribution >= 4 is 28.0 Å². The van der Waals surface area contributed by atoms with Crippen molar-refractivity contribution in [2.45, 2.75) is 19.4 Å². The molecule has 3 rings (SSSR count). The number of aryl methyl sites for hydroxylation is 1. The number of benzene rings is 1. The number of fused-ring (bicyclic) bond motifs is 1. The van der Waals surface area contributed by atoms with Crippen LogP contribution in [0.5, 0.6) is 5.75 Å². The molecular weight excluding hydrogens is 282 g/mol. The van der Waals surface area contributed by atoms with Crippen molar-refractivity contribution in [1.29, 1.82) is 0 Å². The zero-order chi connectivity index (χ0) is 14.7. The zero-order valence-corrected chi connectivity index (χ0v) is 12.7. The van der Waals surface area contributed by atoms with Gasteiger partial charge in [-0.3, -0.25) is 4.79 Å². The third-order valence-electron chi connectivity index (χ3n) is 3.59. The number of aromatic nitrogens is 1. The minimum atomic E-state index is 0.235. The summed E-state index contributed by atoms with van der Waals surface area (Å²) in [6, 6.07) is 11.9. The molecule has 21 heavy (non-hydrogen) atoms. The van der Waals surface area contributed by atoms with Crippen LogP contribution in [0.1, 0.15) is 22.5 Å². The average Bonchev–Trinajstić information content (AvgIpc) is 3.16. The molecule has 0 N–H and O–H groups in total. The van der Waals surface area contributed by atoms with Gasteiger partial charge in [0.1, 0.15) is 5.75 Å². The third kappa shape index (κ3) is 2.85. The molecule has 0 unspecified atom stereocenters. The van der Waals surface area contributed by atoms with Crippen molar-refractivity contribution in [3.63, 3.8) is 0 Å². The van der Waals surface area contributed by atoms with Crippen LogP contribution in [0, 0.1) is 0 Å². The highest BCUT2D eigenvalue weighted by atomic mass is 32.1. The Morgan fingerprint density at radius 1 is 1.24 bits per heavy atom. The number of ketones is 1. The maximum absolute atomic E-state index is 12.0. The molecule has 2 heterocycles. The van der Waals surface area contributed by atoms with Crippen LogP contribution in [0.4, 0.5) is 0 Å². The smallest absolute Gasteiger partial charge is 0.172 e. The van der Waals surface area contributed by atoms with Crippen LogP contribution >= 0.6 is 11.3 Å². The first kappa shape index (κ1) is 13.9. The lowest BCUT2D eigenvalue weighted by Crippen LogP contribution is -2.01. The molecule has 0 aliphatic heterocycles. The Hall–Kier alpha value is -2.07. The summed E-state index contributed by atoms with van der Waals surface area (Å²) in [5.74, 6) is 1.12. The molecule has 0 saturated heterocycles. The quantitative estimate of drug-likeness (QED) is 0.633. The van der Waals surface area contributed by atoms with E-state index in [9.17, 15) is 4.79 Å². The van der Waals surface area contributed by atoms with E-state index < -0.39 is 0 Å². The van der Waals surface area contributed by atoms with Crippen molar-refractivity contribution in [2.75, 3.05) is 7.11 Å². The van der Waals surface area contributed by atoms with Crippen LogP contribution in [0.3, 0.4) is 0 Å². The normalized spacial score (nSPS) is 10.9. The van der Waals surface area contributed by atoms with Gasteiger partial charge in [0, 0.05) is 24.5 Å². The monoisotopic (exact) mass is 299 g/mol. The minimum Gasteiger partial charge on any atom is -0.496 e. The molecule has 0 bridgehead atoms. The summed E-state index contributed by atoms with van der Waals surface area (Å²) >= 11 is 1.51. The van der Waals surface area contributed by atoms with Crippen LogP contribution in [0.15, 0.2) is 48.0 Å². The Morgan fingerprint density at radius 3 is 2.90 bits per heavy atom. The van der Waals surface area contributed by atoms with E-state index in [1.165, 1.54) is 11.3 Å². The SMILES string of the molecule is COc1cccc2c1ccn2CCCC(=O)c1cccs1. The standard InChI is InChI=1S/C17H17NO2S/c1-20-16-7-2-5-14-13(16)9-11-18(14)10-3-6-15(19)17-8-4-12-21-17/h2,4-5,7-9,11-12H,3,6,10H2,1H3. The second-order valence-electron chi connectivity index (χ2n) is 4.91. The van der Waals surface area contributed by atoms with Gasteiger partial charge in [0.2, 0.25) is 0 Å². The first-order valence-corrected chi connectivity index (χ1v) is 7.86. The number of ether oxygens (including phenoxy) is 1. The fourth-order valence-corrected chi connectivity index (χ4v) is 3.23. The number of hydrogen-bond acceptors (Lipinski definition) is 3. The van der Waals surface area contributed by atoms with Gasteiger partial charge < -0.3 is 9.30 Å². The molecule has 0 fully saturated rings. The second-order valence-corrected chi connectivity index (χ2v) is 5.85. The number of Topliss-reactive ketones (excluding diaryl/α,β-unsaturated/α-hetero) is 1. The molecule has 3 nitrogen and oxygen atoms in total. The van der Waals surface area contributed by atoms with Gasteiger partial charge in [0.15, 0.2) is 5.78 Å². The number of methoxy groups -OCH3 is 1. The van der Waals surface area contributed by atoms with Gasteiger partial charge >= 0.3 is 0 Å². The Morgan fingerprint density at radius 2 is 2.14 bits per heavy atom. The van der Waals surface area contributed by atoms with Crippen LogP contribution < -0.4 is 4.74 Å². The molecular formula is C17H17NO2S. The van der Waals surface area contributed by atoms with E-state index in [1.54, 1.807) is 7.11 Å². The molecule has 4 heteroatoms. The van der Waals surface area contributed by atoms with Gasteiger partial charge in [-0.15, -0.1) is 11.3 Å². The van der Waals surface area contributed by atoms with Crippen molar-refractivity contribution in [3.05, 3.63) is 52.9 Å². The predicted molar refractivity (Wildman–Crippen MR) is 86.4 cm³/mol. The maximum atomic E-state index is 12.0. The van der Waals surface area contributed by atoms with E-state index in [0.717, 1.165) is 34.5 Å². The summed E-state index contributed by atoms with van der Waals surface area (Å²) in [5.41, 5.74) is 1.15. The number of rotatable bonds is 6. The van der Waals surface area contributed by atoms with Gasteiger partial charge in [-0.25, -0.2) is 0 Å². The Bertz CT molecular complexity index is 743. The lowest BCUT2D eigenvalue weighted by molar-refractivity contribution is 0.0982. The Kier molecular flexibility index (Phi) is 4.06. The predicted octanol–water partition coefficient (Wildman–Crippen LogP) is 4.37. The van der Waals surface area contributed by atoms with Crippen LogP contribution in [0.2, 0.25) is 0 Å². The number of carbonyl (C=O) groups is 1. The molecule has 3 aromatic rings. The number of nitrogens with zero attached hydrogens (tertiary/aromatic N) is 1. The molecule has 0 spiro atoms. The van der Waals surface area contributed by atoms with Gasteiger partial charge in [-0.2, -0.15) is 0 Å². The van der Waals surface area contributed by atoms with Crippen molar-refractivity contribution < 1.29 is 9.53 Å². The van der Waals surface area contributed by atoms with E-state index in [1.807, 2.05) is 29.6 Å². The molecule has 0 atom stereocenters. The second kappa shape index (κ2) is 6.14. The van der Waals surface area contributed by atoms with Crippen molar-refractivity contribution in [3.8, 4) is 5.75 Å². The van der Waals surface area contributed by atoms with Gasteiger partial charge in [0.05, 0.1) is 17.5 Å². The van der Waals surface area contributed by atoms with Gasteiger partial charge in [-0.1, -0.05) is 12.1 Å². The van der Waals surface area contributed by atoms with E-state index in [0.29, 0.717) is 6.42 Å². The Balaban J connectivity index is 1.67. The molecule has 1 aromatic carbocycles. The summed E-state index contributed by atoms with van der Waals surface area (Å²) in [4.78, 5) is 12.8. The van der Waals surface area contributed by atoms with E-state index in [2.05, 4.69) is 22.9 Å². The number of thiophene rings is 1. The minimum absolute atomic E-state index is 0.235. The maximum Gasteiger partial charge on any atom is 0.172 e. The molecule has 0 saturated carbocycles. The van der Waals surface area contributed by atoms with Crippen molar-refractivity contribution in [1.82, 2.24) is 4.57 Å². The summed E-state index contributed by atoms with van der Waals surface area (Å²) in [6.45, 7) is 0.841. The number of carbonyl (C=O) groups excluding carboxylic acids is 1. The highest BCUT2D eigenvalue weighted by molar-refractivity contribution is 7.12. The highest BCUT2D eigenvalue weighted by Crippen LogP contribution is 2.26. The fourth-order valence-electron chi connectivity index (χ4n) is 2.54. The number of hydrogen-bond donors (Lipinski definition) is 0. The molecule has 108 valence electrons. The molecule has 0 radical (unpaired) electrons. The van der Waals surface area contributed by atoms with Crippen LogP contribution in [-0.2, 0) is 6.54 Å². The van der Waals surface area contributed by atoms with Crippen molar-refractivity contribution in [2.24, 2.45) is 0 Å². The Labute approximate surface area is 127 Å². The fraction of sp³-hybridized carbons (Fsp3) is 0.235. The zero-order valence-electron chi connectivity index (χ0n) is 11.9. The summed E-state index contributed by atoms with van der Waals surface area (Å²) < 4.78 is 7.55. The summed E-state index contributed by atoms with van der Waals surface area (Å²) in [5, 5.41) is 3.06. The van der Waals surface area contributed by atoms with Gasteiger partial charge in [-0.05, 0) is 36.1 Å². The van der Waals surface area contributed by atoms with E-state index in [4.69, 9.17) is 4.74 Å². The van der Waals surface area contributed by atoms with Crippen LogP contribution in [-0.4, -0.2) is 17.5 Å². The van der Waals surface area contributed by atoms with Gasteiger partial charge in [0.25, 0.3) is 0 Å². The van der Waals surface area contributed by atoms with E-state index >= 15 is 0 Å². The lowest BCUT2D eigenvalue weighted by Gasteiger charge is -2.06. The third-order valence-corrected chi connectivity index (χ3v) is 4.50. The average molecular weight is 299 g/mol. The summed E-state index contributed by atoms with van der Waals surface area (Å²) in [7, 11) is 1.69. The van der Waals surface area contributed by atoms with E-state index in [-0.39, 0.29) is 5.78 Å². The highest BCUT2D eigenvalue weighted by Gasteiger charge is 2.08. The lowest BCUT2D eigenvalue weighted by atomic mass is 10.2. The first-order chi connectivity index (χ1) is 10.3. The molecule has 2 aromatic heterocycles. The molecule has 0 aliphatic rings. The first-order valence-electron chi connectivity index (χ1n) is 6.98. The molecule has 0 aliphatic carbocycles.